The molecule has 52 heavy (non-hydrogen) atoms. The van der Waals surface area contributed by atoms with Crippen LogP contribution in [0.15, 0.2) is 127 Å². The Bertz CT molecular complexity index is 2120. The molecule has 2 amide bonds. The second-order valence-corrected chi connectivity index (χ2v) is 14.7. The second kappa shape index (κ2) is 14.2. The fourth-order valence-electron chi connectivity index (χ4n) is 7.20. The first-order valence-electron chi connectivity index (χ1n) is 17.6. The third-order valence-electron chi connectivity index (χ3n) is 9.56. The Morgan fingerprint density at radius 1 is 0.827 bits per heavy atom. The Morgan fingerprint density at radius 2 is 1.42 bits per heavy atom. The number of halogens is 1. The molecular weight excluding hydrogens is 670 g/mol. The van der Waals surface area contributed by atoms with Crippen LogP contribution in [0.1, 0.15) is 50.3 Å². The smallest absolute Gasteiger partial charge is 0.410 e. The summed E-state index contributed by atoms with van der Waals surface area (Å²) in [4.78, 5) is 28.8. The van der Waals surface area contributed by atoms with Gasteiger partial charge < -0.3 is 20.7 Å². The Morgan fingerprint density at radius 3 is 2.00 bits per heavy atom. The minimum atomic E-state index is -0.931. The fraction of sp³-hybridized carbons (Fsp3) is 0.233. The molecule has 9 heteroatoms. The number of carbonyl (C=O) groups excluding carboxylic acids is 2. The summed E-state index contributed by atoms with van der Waals surface area (Å²) in [7, 11) is 0. The van der Waals surface area contributed by atoms with E-state index in [1.54, 1.807) is 17.0 Å². The predicted molar refractivity (Wildman–Crippen MR) is 208 cm³/mol. The van der Waals surface area contributed by atoms with Crippen molar-refractivity contribution in [3.05, 3.63) is 149 Å². The third kappa shape index (κ3) is 6.74. The maximum absolute atomic E-state index is 14.2. The molecule has 1 fully saturated rings. The first-order valence-corrected chi connectivity index (χ1v) is 18.0. The molecule has 0 spiro atoms. The number of nitrogens with zero attached hydrogens (tertiary/aromatic N) is 3. The molecule has 264 valence electrons. The predicted octanol–water partition coefficient (Wildman–Crippen LogP) is 9.36. The molecule has 0 radical (unpaired) electrons. The van der Waals surface area contributed by atoms with Crippen molar-refractivity contribution < 1.29 is 14.3 Å². The van der Waals surface area contributed by atoms with Crippen LogP contribution in [0.5, 0.6) is 0 Å². The van der Waals surface area contributed by atoms with E-state index in [9.17, 15) is 9.59 Å². The van der Waals surface area contributed by atoms with E-state index in [4.69, 9.17) is 27.2 Å². The van der Waals surface area contributed by atoms with Gasteiger partial charge in [-0.25, -0.2) is 9.48 Å². The van der Waals surface area contributed by atoms with Crippen LogP contribution in [-0.4, -0.2) is 45.4 Å². The van der Waals surface area contributed by atoms with E-state index in [2.05, 4.69) is 41.7 Å². The summed E-state index contributed by atoms with van der Waals surface area (Å²) in [5.41, 5.74) is 10.6. The highest BCUT2D eigenvalue weighted by Crippen LogP contribution is 2.44. The summed E-state index contributed by atoms with van der Waals surface area (Å²) >= 11 is 6.72. The number of benzene rings is 5. The number of hydrogen-bond donors (Lipinski definition) is 2. The molecule has 1 aliphatic rings. The molecule has 0 aliphatic carbocycles. The minimum absolute atomic E-state index is 0.211. The number of rotatable bonds is 7. The maximum Gasteiger partial charge on any atom is 0.410 e. The van der Waals surface area contributed by atoms with Crippen LogP contribution >= 0.6 is 11.6 Å². The largest absolute Gasteiger partial charge is 0.444 e. The average Bonchev–Trinajstić information content (AvgIpc) is 3.51. The van der Waals surface area contributed by atoms with E-state index >= 15 is 0 Å². The topological polar surface area (TPSA) is 102 Å². The summed E-state index contributed by atoms with van der Waals surface area (Å²) in [6.07, 6.45) is 0.904. The number of anilines is 2. The SMILES string of the molecule is CC(C)(C)OC(=O)N1CCC[C@@H](C(=O)Nc2nn(C(c3ccccc3)(c3ccccc3)c3ccccc3)c3ccc(-c4cc(N)ccc4Cl)cc23)C1. The van der Waals surface area contributed by atoms with Gasteiger partial charge in [0.2, 0.25) is 5.91 Å². The van der Waals surface area contributed by atoms with Gasteiger partial charge in [0.15, 0.2) is 5.82 Å². The van der Waals surface area contributed by atoms with Crippen molar-refractivity contribution in [1.82, 2.24) is 14.7 Å². The second-order valence-electron chi connectivity index (χ2n) is 14.3. The van der Waals surface area contributed by atoms with Gasteiger partial charge >= 0.3 is 6.09 Å². The molecule has 0 bridgehead atoms. The molecule has 1 saturated heterocycles. The molecule has 1 aromatic heterocycles. The highest BCUT2D eigenvalue weighted by Gasteiger charge is 2.41. The Labute approximate surface area is 309 Å². The number of piperidine rings is 1. The maximum atomic E-state index is 14.2. The lowest BCUT2D eigenvalue weighted by Crippen LogP contribution is -2.45. The zero-order chi connectivity index (χ0) is 36.5. The monoisotopic (exact) mass is 711 g/mol. The molecule has 1 aliphatic heterocycles. The number of hydrogen-bond acceptors (Lipinski definition) is 5. The van der Waals surface area contributed by atoms with Crippen molar-refractivity contribution in [3.63, 3.8) is 0 Å². The van der Waals surface area contributed by atoms with Crippen LogP contribution in [0.4, 0.5) is 16.3 Å². The molecule has 8 nitrogen and oxygen atoms in total. The lowest BCUT2D eigenvalue weighted by atomic mass is 9.77. The summed E-state index contributed by atoms with van der Waals surface area (Å²) < 4.78 is 7.67. The van der Waals surface area contributed by atoms with Gasteiger partial charge in [0.05, 0.1) is 11.4 Å². The van der Waals surface area contributed by atoms with Gasteiger partial charge in [0.1, 0.15) is 11.1 Å². The lowest BCUT2D eigenvalue weighted by molar-refractivity contribution is -0.121. The van der Waals surface area contributed by atoms with Crippen molar-refractivity contribution in [2.75, 3.05) is 24.1 Å². The number of fused-ring (bicyclic) bond motifs is 1. The highest BCUT2D eigenvalue weighted by molar-refractivity contribution is 6.33. The first kappa shape index (κ1) is 34.8. The molecule has 0 saturated carbocycles. The van der Waals surface area contributed by atoms with E-state index in [1.165, 1.54) is 0 Å². The van der Waals surface area contributed by atoms with E-state index < -0.39 is 23.2 Å². The Kier molecular flexibility index (Phi) is 9.51. The van der Waals surface area contributed by atoms with E-state index in [1.807, 2.05) is 104 Å². The van der Waals surface area contributed by atoms with Gasteiger partial charge in [-0.15, -0.1) is 0 Å². The van der Waals surface area contributed by atoms with Gasteiger partial charge in [-0.3, -0.25) is 4.79 Å². The van der Waals surface area contributed by atoms with Crippen molar-refractivity contribution >= 4 is 46.0 Å². The Balaban J connectivity index is 1.42. The van der Waals surface area contributed by atoms with Gasteiger partial charge in [0, 0.05) is 34.7 Å². The zero-order valence-electron chi connectivity index (χ0n) is 29.6. The molecule has 5 aromatic carbocycles. The highest BCUT2D eigenvalue weighted by atomic mass is 35.5. The normalized spacial score (nSPS) is 15.0. The quantitative estimate of drug-likeness (QED) is 0.127. The van der Waals surface area contributed by atoms with Crippen LogP contribution in [0.25, 0.3) is 22.0 Å². The van der Waals surface area contributed by atoms with Crippen LogP contribution in [0, 0.1) is 5.92 Å². The number of nitrogens with two attached hydrogens (primary N) is 1. The van der Waals surface area contributed by atoms with Crippen molar-refractivity contribution in [2.24, 2.45) is 5.92 Å². The summed E-state index contributed by atoms with van der Waals surface area (Å²) in [6, 6.07) is 42.3. The van der Waals surface area contributed by atoms with Gasteiger partial charge in [-0.2, -0.15) is 5.10 Å². The van der Waals surface area contributed by atoms with E-state index in [0.717, 1.165) is 38.7 Å². The van der Waals surface area contributed by atoms with Crippen LogP contribution in [-0.2, 0) is 15.1 Å². The summed E-state index contributed by atoms with van der Waals surface area (Å²) in [5, 5.41) is 9.82. The molecule has 1 atom stereocenters. The van der Waals surface area contributed by atoms with Crippen molar-refractivity contribution in [2.45, 2.75) is 44.8 Å². The molecule has 7 rings (SSSR count). The number of aromatic nitrogens is 2. The lowest BCUT2D eigenvalue weighted by Gasteiger charge is -2.37. The number of nitrogens with one attached hydrogen (secondary N) is 1. The van der Waals surface area contributed by atoms with Crippen LogP contribution in [0.2, 0.25) is 5.02 Å². The standard InChI is InChI=1S/C43H42ClN5O3/c1-42(2,3)52-41(51)48-25-13-14-30(28-48)40(50)46-39-36-26-29(35-27-34(45)22-23-37(35)44)21-24-38(36)49(47-39)43(31-15-7-4-8-16-31,32-17-9-5-10-18-32)33-19-11-6-12-20-33/h4-12,15-24,26-27,30H,13-14,25,28,45H2,1-3H3,(H,46,47,50)/t30-/m1/s1. The van der Waals surface area contributed by atoms with Crippen LogP contribution in [0.3, 0.4) is 0 Å². The molecule has 3 N–H and O–H groups in total. The third-order valence-corrected chi connectivity index (χ3v) is 9.89. The fourth-order valence-corrected chi connectivity index (χ4v) is 7.43. The molecule has 2 heterocycles. The summed E-state index contributed by atoms with van der Waals surface area (Å²) in [6.45, 7) is 6.31. The average molecular weight is 712 g/mol. The molecule has 0 unspecified atom stereocenters. The van der Waals surface area contributed by atoms with Gasteiger partial charge in [-0.1, -0.05) is 109 Å². The molecule has 6 aromatic rings. The van der Waals surface area contributed by atoms with Crippen molar-refractivity contribution in [3.8, 4) is 11.1 Å². The van der Waals surface area contributed by atoms with E-state index in [0.29, 0.717) is 35.9 Å². The number of nitrogen functional groups attached to an aromatic ring is 1. The van der Waals surface area contributed by atoms with E-state index in [-0.39, 0.29) is 12.5 Å². The number of amides is 2. The summed E-state index contributed by atoms with van der Waals surface area (Å²) in [5.74, 6) is -0.254. The van der Waals surface area contributed by atoms with Crippen LogP contribution < -0.4 is 11.1 Å². The number of likely N-dealkylation sites (tertiary alicyclic amines) is 1. The van der Waals surface area contributed by atoms with Gasteiger partial charge in [0.25, 0.3) is 0 Å². The van der Waals surface area contributed by atoms with Gasteiger partial charge in [-0.05, 0) is 86.2 Å². The minimum Gasteiger partial charge on any atom is -0.444 e. The molecular formula is C43H42ClN5O3. The number of ether oxygens (including phenoxy) is 1. The Hall–Kier alpha value is -5.60. The first-order chi connectivity index (χ1) is 25.0. The number of carbonyl (C=O) groups is 2. The van der Waals surface area contributed by atoms with Crippen molar-refractivity contribution in [1.29, 1.82) is 0 Å². The zero-order valence-corrected chi connectivity index (χ0v) is 30.3.